The van der Waals surface area contributed by atoms with E-state index in [1.165, 1.54) is 31.4 Å². The van der Waals surface area contributed by atoms with Gasteiger partial charge in [-0.25, -0.2) is 0 Å². The van der Waals surface area contributed by atoms with E-state index in [2.05, 4.69) is 10.0 Å². The number of ether oxygens (including phenoxy) is 2. The molecule has 33 heavy (non-hydrogen) atoms. The minimum Gasteiger partial charge on any atom is -0.353 e. The average molecular weight is 498 g/mol. The highest BCUT2D eigenvalue weighted by Crippen LogP contribution is 2.30. The van der Waals surface area contributed by atoms with Crippen LogP contribution in [0.4, 0.5) is 0 Å². The maximum atomic E-state index is 12.9. The first-order valence-electron chi connectivity index (χ1n) is 9.76. The molecule has 1 fully saturated rings. The molecule has 1 aliphatic heterocycles. The molecule has 0 bridgehead atoms. The lowest BCUT2D eigenvalue weighted by Gasteiger charge is -2.38. The zero-order valence-corrected chi connectivity index (χ0v) is 19.7. The fourth-order valence-electron chi connectivity index (χ4n) is 3.16. The molecule has 13 heteroatoms. The second-order valence-electron chi connectivity index (χ2n) is 7.37. The normalized spacial score (nSPS) is 23.6. The Kier molecular flexibility index (Phi) is 7.75. The highest BCUT2D eigenvalue weighted by atomic mass is 32.2. The predicted octanol–water partition coefficient (Wildman–Crippen LogP) is 2.83. The first kappa shape index (κ1) is 25.1. The van der Waals surface area contributed by atoms with Gasteiger partial charge >= 0.3 is 0 Å². The Morgan fingerprint density at radius 2 is 1.33 bits per heavy atom. The minimum atomic E-state index is -4.39. The number of methoxy groups -OCH3 is 1. The SMILES string of the molecule is CO[C@H]1OC[C@H](N=[N+]=[N-])[C@@H](OS(=O)(=O)c2ccc(C)cc2)[C@H]1OS(=O)(=O)c1ccc(C)cc1. The van der Waals surface area contributed by atoms with Crippen molar-refractivity contribution in [2.24, 2.45) is 5.11 Å². The standard InChI is InChI=1S/C20H23N3O8S2/c1-13-4-8-15(9-5-13)32(24,25)30-18-17(22-23-21)12-29-20(28-3)19(18)31-33(26,27)16-10-6-14(2)7-11-16/h4-11,17-20H,12H2,1-3H3/t17-,18+,19+,20-/m0/s1. The van der Waals surface area contributed by atoms with Crippen LogP contribution >= 0.6 is 0 Å². The molecule has 178 valence electrons. The van der Waals surface area contributed by atoms with Crippen LogP contribution in [0, 0.1) is 13.8 Å². The fraction of sp³-hybridized carbons (Fsp3) is 0.400. The summed E-state index contributed by atoms with van der Waals surface area (Å²) in [6.07, 6.45) is -4.45. The third-order valence-corrected chi connectivity index (χ3v) is 7.58. The molecule has 1 aliphatic rings. The third kappa shape index (κ3) is 5.89. The lowest BCUT2D eigenvalue weighted by Crippen LogP contribution is -2.56. The van der Waals surface area contributed by atoms with E-state index in [-0.39, 0.29) is 16.4 Å². The van der Waals surface area contributed by atoms with Crippen LogP contribution in [-0.2, 0) is 38.1 Å². The van der Waals surface area contributed by atoms with Crippen molar-refractivity contribution in [3.63, 3.8) is 0 Å². The number of azide groups is 1. The monoisotopic (exact) mass is 497 g/mol. The summed E-state index contributed by atoms with van der Waals surface area (Å²) in [5, 5.41) is 3.53. The van der Waals surface area contributed by atoms with Crippen LogP contribution in [0.25, 0.3) is 10.4 Å². The number of rotatable bonds is 8. The maximum absolute atomic E-state index is 12.9. The minimum absolute atomic E-state index is 0.158. The fourth-order valence-corrected chi connectivity index (χ4v) is 5.34. The molecule has 1 saturated heterocycles. The summed E-state index contributed by atoms with van der Waals surface area (Å²) < 4.78 is 73.0. The van der Waals surface area contributed by atoms with Crippen molar-refractivity contribution in [3.8, 4) is 0 Å². The number of hydrogen-bond donors (Lipinski definition) is 0. The Morgan fingerprint density at radius 1 is 0.879 bits per heavy atom. The molecular formula is C20H23N3O8S2. The Hall–Kier alpha value is -2.51. The third-order valence-electron chi connectivity index (χ3n) is 4.93. The molecule has 11 nitrogen and oxygen atoms in total. The van der Waals surface area contributed by atoms with Gasteiger partial charge in [0, 0.05) is 12.0 Å². The molecule has 0 aliphatic carbocycles. The summed E-state index contributed by atoms with van der Waals surface area (Å²) in [7, 11) is -7.54. The van der Waals surface area contributed by atoms with Crippen LogP contribution in [0.2, 0.25) is 0 Å². The summed E-state index contributed by atoms with van der Waals surface area (Å²) in [5.41, 5.74) is 10.6. The van der Waals surface area contributed by atoms with Gasteiger partial charge in [-0.05, 0) is 43.6 Å². The molecule has 3 rings (SSSR count). The van der Waals surface area contributed by atoms with Crippen LogP contribution in [0.15, 0.2) is 63.4 Å². The van der Waals surface area contributed by atoms with E-state index >= 15 is 0 Å². The lowest BCUT2D eigenvalue weighted by atomic mass is 10.0. The molecular weight excluding hydrogens is 474 g/mol. The van der Waals surface area contributed by atoms with Crippen LogP contribution in [-0.4, -0.2) is 55.1 Å². The van der Waals surface area contributed by atoms with Crippen LogP contribution in [0.5, 0.6) is 0 Å². The van der Waals surface area contributed by atoms with Crippen molar-refractivity contribution in [1.29, 1.82) is 0 Å². The van der Waals surface area contributed by atoms with Crippen molar-refractivity contribution in [3.05, 3.63) is 70.1 Å². The van der Waals surface area contributed by atoms with Crippen LogP contribution < -0.4 is 0 Å². The van der Waals surface area contributed by atoms with E-state index in [1.807, 2.05) is 0 Å². The molecule has 0 N–H and O–H groups in total. The first-order chi connectivity index (χ1) is 15.6. The second kappa shape index (κ2) is 10.2. The number of aryl methyl sites for hydroxylation is 2. The molecule has 0 unspecified atom stereocenters. The quantitative estimate of drug-likeness (QED) is 0.233. The molecule has 0 spiro atoms. The number of benzene rings is 2. The molecule has 0 amide bonds. The molecule has 1 heterocycles. The first-order valence-corrected chi connectivity index (χ1v) is 12.6. The van der Waals surface area contributed by atoms with Gasteiger partial charge in [0.15, 0.2) is 12.4 Å². The van der Waals surface area contributed by atoms with Gasteiger partial charge in [0.1, 0.15) is 6.10 Å². The van der Waals surface area contributed by atoms with E-state index in [1.54, 1.807) is 38.1 Å². The van der Waals surface area contributed by atoms with E-state index in [0.29, 0.717) is 0 Å². The largest absolute Gasteiger partial charge is 0.353 e. The molecule has 2 aromatic rings. The molecule has 4 atom stereocenters. The van der Waals surface area contributed by atoms with Gasteiger partial charge < -0.3 is 9.47 Å². The molecule has 0 radical (unpaired) electrons. The van der Waals surface area contributed by atoms with Gasteiger partial charge in [-0.15, -0.1) is 0 Å². The van der Waals surface area contributed by atoms with Crippen molar-refractivity contribution >= 4 is 20.2 Å². The summed E-state index contributed by atoms with van der Waals surface area (Å²) in [4.78, 5) is 2.38. The Balaban J connectivity index is 2.00. The van der Waals surface area contributed by atoms with Gasteiger partial charge in [-0.2, -0.15) is 16.8 Å². The van der Waals surface area contributed by atoms with Gasteiger partial charge in [0.2, 0.25) is 0 Å². The summed E-state index contributed by atoms with van der Waals surface area (Å²) in [6, 6.07) is 10.5. The Labute approximate surface area is 192 Å². The van der Waals surface area contributed by atoms with Crippen molar-refractivity contribution < 1.29 is 34.7 Å². The van der Waals surface area contributed by atoms with Gasteiger partial charge in [0.05, 0.1) is 22.4 Å². The summed E-state index contributed by atoms with van der Waals surface area (Å²) >= 11 is 0. The van der Waals surface area contributed by atoms with E-state index in [0.717, 1.165) is 11.1 Å². The highest BCUT2D eigenvalue weighted by Gasteiger charge is 2.47. The zero-order chi connectivity index (χ0) is 24.2. The molecule has 2 aromatic carbocycles. The van der Waals surface area contributed by atoms with Gasteiger partial charge in [-0.1, -0.05) is 40.5 Å². The van der Waals surface area contributed by atoms with Gasteiger partial charge in [-0.3, -0.25) is 8.37 Å². The van der Waals surface area contributed by atoms with E-state index in [4.69, 9.17) is 23.4 Å². The van der Waals surface area contributed by atoms with E-state index in [9.17, 15) is 16.8 Å². The molecule has 0 aromatic heterocycles. The zero-order valence-electron chi connectivity index (χ0n) is 18.1. The van der Waals surface area contributed by atoms with Crippen LogP contribution in [0.1, 0.15) is 11.1 Å². The Bertz CT molecular complexity index is 1230. The number of hydrogen-bond acceptors (Lipinski definition) is 9. The highest BCUT2D eigenvalue weighted by molar-refractivity contribution is 7.87. The Morgan fingerprint density at radius 3 is 1.76 bits per heavy atom. The molecule has 0 saturated carbocycles. The van der Waals surface area contributed by atoms with E-state index < -0.39 is 44.8 Å². The maximum Gasteiger partial charge on any atom is 0.297 e. The van der Waals surface area contributed by atoms with Crippen molar-refractivity contribution in [2.75, 3.05) is 13.7 Å². The predicted molar refractivity (Wildman–Crippen MR) is 116 cm³/mol. The van der Waals surface area contributed by atoms with Crippen LogP contribution in [0.3, 0.4) is 0 Å². The smallest absolute Gasteiger partial charge is 0.297 e. The topological polar surface area (TPSA) is 154 Å². The lowest BCUT2D eigenvalue weighted by molar-refractivity contribution is -0.224. The van der Waals surface area contributed by atoms with Crippen molar-refractivity contribution in [2.45, 2.75) is 48.2 Å². The van der Waals surface area contributed by atoms with Gasteiger partial charge in [0.25, 0.3) is 20.2 Å². The summed E-state index contributed by atoms with van der Waals surface area (Å²) in [5.74, 6) is 0. The number of nitrogens with zero attached hydrogens (tertiary/aromatic N) is 3. The average Bonchev–Trinajstić information content (AvgIpc) is 2.76. The second-order valence-corrected chi connectivity index (χ2v) is 10.5. The summed E-state index contributed by atoms with van der Waals surface area (Å²) in [6.45, 7) is 3.30. The van der Waals surface area contributed by atoms with Crippen molar-refractivity contribution in [1.82, 2.24) is 0 Å².